The van der Waals surface area contributed by atoms with Gasteiger partial charge in [-0.15, -0.1) is 0 Å². The van der Waals surface area contributed by atoms with Crippen molar-refractivity contribution >= 4 is 11.9 Å². The molecule has 154 valence electrons. The molecule has 0 aromatic carbocycles. The molecule has 4 aliphatic carbocycles. The van der Waals surface area contributed by atoms with Crippen LogP contribution in [-0.2, 0) is 14.3 Å². The van der Waals surface area contributed by atoms with Crippen LogP contribution in [0.1, 0.15) is 58.8 Å². The van der Waals surface area contributed by atoms with Gasteiger partial charge in [-0.3, -0.25) is 4.79 Å². The standard InChI is InChI=1S/C22H30O6/c1-19-7-5-14(23)11-13(19)3-4-16-15-6-8-21(26,9-10-27-18(24)25)20(15,2)12-17-22(16,19)28-17/h5,7,13,15-17,26H,3-4,6,8-12H2,1-2H3,(H,24,25)/t13-,15-,16-,17+,19-,20-,21+,22-/m0/s1. The molecule has 0 aromatic heterocycles. The van der Waals surface area contributed by atoms with E-state index in [1.165, 1.54) is 0 Å². The van der Waals surface area contributed by atoms with Gasteiger partial charge in [0.1, 0.15) is 5.60 Å². The minimum absolute atomic E-state index is 0.0279. The fraction of sp³-hybridized carbons (Fsp3) is 0.818. The number of hydrogen-bond donors (Lipinski definition) is 2. The van der Waals surface area contributed by atoms with Crippen molar-refractivity contribution in [1.82, 2.24) is 0 Å². The number of allylic oxidation sites excluding steroid dienone is 1. The zero-order valence-electron chi connectivity index (χ0n) is 16.6. The Morgan fingerprint density at radius 2 is 2.07 bits per heavy atom. The zero-order chi connectivity index (χ0) is 19.9. The van der Waals surface area contributed by atoms with Crippen LogP contribution in [-0.4, -0.2) is 46.1 Å². The molecule has 5 rings (SSSR count). The molecule has 28 heavy (non-hydrogen) atoms. The molecule has 0 unspecified atom stereocenters. The van der Waals surface area contributed by atoms with Crippen molar-refractivity contribution in [2.75, 3.05) is 6.61 Å². The molecular formula is C22H30O6. The third-order valence-electron chi connectivity index (χ3n) is 9.48. The maximum atomic E-state index is 12.0. The number of rotatable bonds is 3. The minimum Gasteiger partial charge on any atom is -0.450 e. The van der Waals surface area contributed by atoms with Gasteiger partial charge in [-0.1, -0.05) is 19.9 Å². The number of ketones is 1. The first-order chi connectivity index (χ1) is 13.2. The van der Waals surface area contributed by atoms with Crippen LogP contribution in [0.3, 0.4) is 0 Å². The average molecular weight is 390 g/mol. The van der Waals surface area contributed by atoms with Crippen LogP contribution < -0.4 is 0 Å². The van der Waals surface area contributed by atoms with E-state index in [-0.39, 0.29) is 34.9 Å². The highest BCUT2D eigenvalue weighted by Crippen LogP contribution is 2.76. The summed E-state index contributed by atoms with van der Waals surface area (Å²) in [6.07, 6.45) is 8.15. The molecule has 3 saturated carbocycles. The third kappa shape index (κ3) is 2.11. The molecule has 0 amide bonds. The predicted octanol–water partition coefficient (Wildman–Crippen LogP) is 3.32. The van der Waals surface area contributed by atoms with Gasteiger partial charge >= 0.3 is 6.16 Å². The van der Waals surface area contributed by atoms with Crippen LogP contribution in [0.2, 0.25) is 0 Å². The number of carbonyl (C=O) groups excluding carboxylic acids is 1. The highest BCUT2D eigenvalue weighted by Gasteiger charge is 2.80. The lowest BCUT2D eigenvalue weighted by Crippen LogP contribution is -2.61. The van der Waals surface area contributed by atoms with Crippen molar-refractivity contribution in [3.05, 3.63) is 12.2 Å². The van der Waals surface area contributed by atoms with Gasteiger partial charge in [0.05, 0.1) is 18.3 Å². The second-order valence-electron chi connectivity index (χ2n) is 10.2. The van der Waals surface area contributed by atoms with E-state index in [4.69, 9.17) is 14.6 Å². The van der Waals surface area contributed by atoms with Crippen molar-refractivity contribution < 1.29 is 29.3 Å². The van der Waals surface area contributed by atoms with E-state index in [0.717, 1.165) is 25.7 Å². The monoisotopic (exact) mass is 390 g/mol. The van der Waals surface area contributed by atoms with E-state index in [2.05, 4.69) is 19.9 Å². The Morgan fingerprint density at radius 3 is 2.82 bits per heavy atom. The molecule has 1 spiro atoms. The van der Waals surface area contributed by atoms with Gasteiger partial charge in [-0.2, -0.15) is 0 Å². The Hall–Kier alpha value is -1.40. The molecule has 1 aliphatic heterocycles. The van der Waals surface area contributed by atoms with Crippen molar-refractivity contribution in [2.24, 2.45) is 28.6 Å². The molecule has 8 atom stereocenters. The summed E-state index contributed by atoms with van der Waals surface area (Å²) in [5, 5.41) is 20.3. The summed E-state index contributed by atoms with van der Waals surface area (Å²) >= 11 is 0. The van der Waals surface area contributed by atoms with Crippen LogP contribution in [0, 0.1) is 28.6 Å². The van der Waals surface area contributed by atoms with Gasteiger partial charge in [-0.05, 0) is 55.9 Å². The van der Waals surface area contributed by atoms with Crippen LogP contribution in [0.25, 0.3) is 0 Å². The largest absolute Gasteiger partial charge is 0.505 e. The molecule has 1 saturated heterocycles. The Kier molecular flexibility index (Phi) is 3.72. The summed E-state index contributed by atoms with van der Waals surface area (Å²) < 4.78 is 11.2. The molecule has 0 bridgehead atoms. The normalized spacial score (nSPS) is 53.6. The number of carboxylic acid groups (broad SMARTS) is 1. The van der Waals surface area contributed by atoms with E-state index in [9.17, 15) is 14.7 Å². The molecule has 2 N–H and O–H groups in total. The second-order valence-corrected chi connectivity index (χ2v) is 10.2. The highest BCUT2D eigenvalue weighted by molar-refractivity contribution is 5.91. The van der Waals surface area contributed by atoms with Gasteiger partial charge in [-0.25, -0.2) is 4.79 Å². The number of ether oxygens (including phenoxy) is 2. The lowest BCUT2D eigenvalue weighted by molar-refractivity contribution is -0.132. The summed E-state index contributed by atoms with van der Waals surface area (Å²) in [6, 6.07) is 0. The summed E-state index contributed by atoms with van der Waals surface area (Å²) in [5.41, 5.74) is -1.51. The first-order valence-electron chi connectivity index (χ1n) is 10.6. The first-order valence-corrected chi connectivity index (χ1v) is 10.6. The quantitative estimate of drug-likeness (QED) is 0.567. The maximum absolute atomic E-state index is 12.0. The third-order valence-corrected chi connectivity index (χ3v) is 9.48. The van der Waals surface area contributed by atoms with E-state index < -0.39 is 11.8 Å². The topological polar surface area (TPSA) is 96.4 Å². The van der Waals surface area contributed by atoms with Crippen LogP contribution in [0.4, 0.5) is 4.79 Å². The summed E-state index contributed by atoms with van der Waals surface area (Å²) in [6.45, 7) is 4.48. The smallest absolute Gasteiger partial charge is 0.450 e. The summed E-state index contributed by atoms with van der Waals surface area (Å²) in [5.74, 6) is 1.30. The summed E-state index contributed by atoms with van der Waals surface area (Å²) in [4.78, 5) is 22.7. The molecular weight excluding hydrogens is 360 g/mol. The summed E-state index contributed by atoms with van der Waals surface area (Å²) in [7, 11) is 0. The molecule has 0 aromatic rings. The van der Waals surface area contributed by atoms with Gasteiger partial charge in [0, 0.05) is 23.7 Å². The number of epoxide rings is 1. The van der Waals surface area contributed by atoms with Crippen LogP contribution >= 0.6 is 0 Å². The van der Waals surface area contributed by atoms with E-state index in [0.29, 0.717) is 37.0 Å². The van der Waals surface area contributed by atoms with E-state index >= 15 is 0 Å². The number of carbonyl (C=O) groups is 2. The second kappa shape index (κ2) is 5.60. The van der Waals surface area contributed by atoms with Crippen molar-refractivity contribution in [3.63, 3.8) is 0 Å². The van der Waals surface area contributed by atoms with Crippen molar-refractivity contribution in [3.8, 4) is 0 Å². The van der Waals surface area contributed by atoms with Gasteiger partial charge in [0.25, 0.3) is 0 Å². The fourth-order valence-electron chi connectivity index (χ4n) is 7.90. The number of aliphatic hydroxyl groups is 1. The first kappa shape index (κ1) is 18.6. The van der Waals surface area contributed by atoms with Gasteiger partial charge in [0.2, 0.25) is 0 Å². The van der Waals surface area contributed by atoms with Crippen molar-refractivity contribution in [2.45, 2.75) is 76.1 Å². The van der Waals surface area contributed by atoms with Crippen LogP contribution in [0.5, 0.6) is 0 Å². The Balaban J connectivity index is 1.45. The molecule has 1 heterocycles. The SMILES string of the molecule is C[C@]12C=CC(=O)C[C@@H]1CC[C@H]1[C@@H]3CC[C@@](O)(CCOC(=O)O)[C@@]3(C)C[C@H]3O[C@]312. The number of fused-ring (bicyclic) bond motifs is 3. The Labute approximate surface area is 165 Å². The molecule has 0 radical (unpaired) electrons. The lowest BCUT2D eigenvalue weighted by atomic mass is 9.45. The molecule has 6 nitrogen and oxygen atoms in total. The predicted molar refractivity (Wildman–Crippen MR) is 99.7 cm³/mol. The molecule has 6 heteroatoms. The van der Waals surface area contributed by atoms with E-state index in [1.54, 1.807) is 6.08 Å². The Morgan fingerprint density at radius 1 is 1.29 bits per heavy atom. The highest BCUT2D eigenvalue weighted by atomic mass is 16.7. The number of hydrogen-bond acceptors (Lipinski definition) is 5. The van der Waals surface area contributed by atoms with Gasteiger partial charge < -0.3 is 19.7 Å². The van der Waals surface area contributed by atoms with Gasteiger partial charge in [0.15, 0.2) is 5.78 Å². The van der Waals surface area contributed by atoms with E-state index in [1.807, 2.05) is 0 Å². The molecule has 4 fully saturated rings. The molecule has 5 aliphatic rings. The lowest BCUT2D eigenvalue weighted by Gasteiger charge is -2.57. The van der Waals surface area contributed by atoms with Crippen LogP contribution in [0.15, 0.2) is 12.2 Å². The minimum atomic E-state index is -1.29. The maximum Gasteiger partial charge on any atom is 0.505 e. The fourth-order valence-corrected chi connectivity index (χ4v) is 7.90. The zero-order valence-corrected chi connectivity index (χ0v) is 16.6. The Bertz CT molecular complexity index is 762. The average Bonchev–Trinajstić information content (AvgIpc) is 3.28. The van der Waals surface area contributed by atoms with Crippen molar-refractivity contribution in [1.29, 1.82) is 0 Å².